The van der Waals surface area contributed by atoms with E-state index in [2.05, 4.69) is 11.9 Å². The highest BCUT2D eigenvalue weighted by Crippen LogP contribution is 2.33. The van der Waals surface area contributed by atoms with E-state index in [-0.39, 0.29) is 6.04 Å². The molecule has 0 saturated carbocycles. The van der Waals surface area contributed by atoms with E-state index < -0.39 is 0 Å². The lowest BCUT2D eigenvalue weighted by Gasteiger charge is -2.21. The van der Waals surface area contributed by atoms with Crippen LogP contribution in [-0.4, -0.2) is 45.5 Å². The van der Waals surface area contributed by atoms with Gasteiger partial charge in [0.25, 0.3) is 0 Å². The summed E-state index contributed by atoms with van der Waals surface area (Å²) in [5, 5.41) is 0. The molecular formula is C14H22N2O3. The number of rotatable bonds is 7. The molecule has 1 heterocycles. The summed E-state index contributed by atoms with van der Waals surface area (Å²) in [4.78, 5) is 2.22. The van der Waals surface area contributed by atoms with Crippen molar-refractivity contribution in [1.29, 1.82) is 0 Å². The molecule has 1 aromatic rings. The van der Waals surface area contributed by atoms with Crippen LogP contribution in [0.5, 0.6) is 11.5 Å². The maximum absolute atomic E-state index is 6.22. The van der Waals surface area contributed by atoms with Crippen LogP contribution in [-0.2, 0) is 4.74 Å². The Morgan fingerprint density at radius 1 is 1.37 bits per heavy atom. The van der Waals surface area contributed by atoms with Crippen molar-refractivity contribution in [2.45, 2.75) is 12.5 Å². The second kappa shape index (κ2) is 6.75. The van der Waals surface area contributed by atoms with Crippen molar-refractivity contribution < 1.29 is 14.2 Å². The zero-order valence-electron chi connectivity index (χ0n) is 11.6. The Balaban J connectivity index is 1.87. The van der Waals surface area contributed by atoms with E-state index in [9.17, 15) is 0 Å². The van der Waals surface area contributed by atoms with Crippen molar-refractivity contribution in [1.82, 2.24) is 4.90 Å². The molecule has 5 heteroatoms. The molecule has 2 N–H and O–H groups in total. The van der Waals surface area contributed by atoms with E-state index in [0.29, 0.717) is 6.79 Å². The third-order valence-corrected chi connectivity index (χ3v) is 3.22. The number of fused-ring (bicyclic) bond motifs is 1. The number of nitrogens with zero attached hydrogens (tertiary/aromatic N) is 1. The molecule has 2 rings (SSSR count). The van der Waals surface area contributed by atoms with E-state index in [4.69, 9.17) is 19.9 Å². The minimum absolute atomic E-state index is 0.0259. The molecule has 0 aliphatic carbocycles. The molecular weight excluding hydrogens is 244 g/mol. The minimum Gasteiger partial charge on any atom is -0.454 e. The summed E-state index contributed by atoms with van der Waals surface area (Å²) in [6.45, 7) is 2.87. The van der Waals surface area contributed by atoms with Gasteiger partial charge in [-0.25, -0.2) is 0 Å². The normalized spacial score (nSPS) is 14.9. The third-order valence-electron chi connectivity index (χ3n) is 3.22. The molecule has 0 amide bonds. The monoisotopic (exact) mass is 266 g/mol. The fraction of sp³-hybridized carbons (Fsp3) is 0.571. The van der Waals surface area contributed by atoms with E-state index in [1.807, 2.05) is 18.2 Å². The van der Waals surface area contributed by atoms with Crippen molar-refractivity contribution in [3.63, 3.8) is 0 Å². The van der Waals surface area contributed by atoms with Gasteiger partial charge in [-0.2, -0.15) is 0 Å². The van der Waals surface area contributed by atoms with Crippen LogP contribution in [0.2, 0.25) is 0 Å². The van der Waals surface area contributed by atoms with Gasteiger partial charge in [-0.15, -0.1) is 0 Å². The summed E-state index contributed by atoms with van der Waals surface area (Å²) < 4.78 is 15.7. The quantitative estimate of drug-likeness (QED) is 0.756. The maximum Gasteiger partial charge on any atom is 0.231 e. The molecule has 1 aliphatic heterocycles. The second-order valence-electron chi connectivity index (χ2n) is 4.83. The molecule has 0 fully saturated rings. The van der Waals surface area contributed by atoms with Crippen LogP contribution < -0.4 is 15.2 Å². The summed E-state index contributed by atoms with van der Waals surface area (Å²) >= 11 is 0. The van der Waals surface area contributed by atoms with Crippen molar-refractivity contribution in [3.8, 4) is 11.5 Å². The molecule has 0 spiro atoms. The van der Waals surface area contributed by atoms with Crippen LogP contribution in [0.25, 0.3) is 0 Å². The number of hydrogen-bond acceptors (Lipinski definition) is 5. The van der Waals surface area contributed by atoms with Crippen LogP contribution in [0.1, 0.15) is 18.0 Å². The van der Waals surface area contributed by atoms with Gasteiger partial charge < -0.3 is 24.8 Å². The molecule has 1 unspecified atom stereocenters. The van der Waals surface area contributed by atoms with Crippen molar-refractivity contribution in [2.75, 3.05) is 40.6 Å². The summed E-state index contributed by atoms with van der Waals surface area (Å²) in [5.74, 6) is 1.58. The highest BCUT2D eigenvalue weighted by molar-refractivity contribution is 5.45. The lowest BCUT2D eigenvalue weighted by Crippen LogP contribution is -2.30. The van der Waals surface area contributed by atoms with Crippen LogP contribution in [0.4, 0.5) is 0 Å². The number of benzene rings is 1. The topological polar surface area (TPSA) is 57.0 Å². The fourth-order valence-electron chi connectivity index (χ4n) is 2.16. The summed E-state index contributed by atoms with van der Waals surface area (Å²) in [6.07, 6.45) is 1.01. The van der Waals surface area contributed by atoms with E-state index in [0.717, 1.165) is 43.2 Å². The Bertz CT molecular complexity index is 412. The molecule has 0 radical (unpaired) electrons. The largest absolute Gasteiger partial charge is 0.454 e. The number of methoxy groups -OCH3 is 1. The number of hydrogen-bond donors (Lipinski definition) is 1. The Kier molecular flexibility index (Phi) is 5.01. The predicted octanol–water partition coefficient (Wildman–Crippen LogP) is 1.38. The average Bonchev–Trinajstić information content (AvgIpc) is 2.86. The van der Waals surface area contributed by atoms with E-state index >= 15 is 0 Å². The van der Waals surface area contributed by atoms with Gasteiger partial charge in [0.2, 0.25) is 6.79 Å². The van der Waals surface area contributed by atoms with Crippen LogP contribution in [0.3, 0.4) is 0 Å². The molecule has 1 aliphatic rings. The Hall–Kier alpha value is -1.30. The molecule has 1 aromatic carbocycles. The first-order chi connectivity index (χ1) is 9.20. The van der Waals surface area contributed by atoms with Gasteiger partial charge in [0.15, 0.2) is 11.5 Å². The Morgan fingerprint density at radius 2 is 2.16 bits per heavy atom. The second-order valence-corrected chi connectivity index (χ2v) is 4.83. The highest BCUT2D eigenvalue weighted by atomic mass is 16.7. The highest BCUT2D eigenvalue weighted by Gasteiger charge is 2.16. The van der Waals surface area contributed by atoms with Crippen LogP contribution in [0, 0.1) is 0 Å². The van der Waals surface area contributed by atoms with Gasteiger partial charge in [0.1, 0.15) is 0 Å². The minimum atomic E-state index is -0.0259. The number of ether oxygens (including phenoxy) is 3. The summed E-state index contributed by atoms with van der Waals surface area (Å²) in [7, 11) is 3.79. The molecule has 106 valence electrons. The number of likely N-dealkylation sites (N-methyl/N-ethyl adjacent to an activating group) is 1. The molecule has 19 heavy (non-hydrogen) atoms. The molecule has 5 nitrogen and oxygen atoms in total. The van der Waals surface area contributed by atoms with Crippen molar-refractivity contribution in [3.05, 3.63) is 23.8 Å². The SMILES string of the molecule is COCCCN(C)CC(N)c1ccc2c(c1)OCO2. The van der Waals surface area contributed by atoms with Crippen LogP contribution in [0.15, 0.2) is 18.2 Å². The van der Waals surface area contributed by atoms with Gasteiger partial charge in [0, 0.05) is 32.8 Å². The van der Waals surface area contributed by atoms with E-state index in [1.165, 1.54) is 0 Å². The number of nitrogens with two attached hydrogens (primary N) is 1. The smallest absolute Gasteiger partial charge is 0.231 e. The average molecular weight is 266 g/mol. The molecule has 0 bridgehead atoms. The predicted molar refractivity (Wildman–Crippen MR) is 73.5 cm³/mol. The molecule has 0 aromatic heterocycles. The first-order valence-electron chi connectivity index (χ1n) is 6.53. The summed E-state index contributed by atoms with van der Waals surface area (Å²) in [5.41, 5.74) is 7.30. The van der Waals surface area contributed by atoms with Gasteiger partial charge in [-0.05, 0) is 31.2 Å². The standard InChI is InChI=1S/C14H22N2O3/c1-16(6-3-7-17-2)9-12(15)11-4-5-13-14(8-11)19-10-18-13/h4-5,8,12H,3,6-7,9-10,15H2,1-2H3. The van der Waals surface area contributed by atoms with Gasteiger partial charge >= 0.3 is 0 Å². The van der Waals surface area contributed by atoms with Gasteiger partial charge in [0.05, 0.1) is 0 Å². The maximum atomic E-state index is 6.22. The molecule has 0 saturated heterocycles. The third kappa shape index (κ3) is 3.83. The zero-order chi connectivity index (χ0) is 13.7. The lowest BCUT2D eigenvalue weighted by molar-refractivity contribution is 0.174. The van der Waals surface area contributed by atoms with Crippen molar-refractivity contribution in [2.24, 2.45) is 5.73 Å². The first kappa shape index (κ1) is 14.1. The lowest BCUT2D eigenvalue weighted by atomic mass is 10.1. The van der Waals surface area contributed by atoms with Gasteiger partial charge in [-0.1, -0.05) is 6.07 Å². The molecule has 1 atom stereocenters. The van der Waals surface area contributed by atoms with Crippen LogP contribution >= 0.6 is 0 Å². The fourth-order valence-corrected chi connectivity index (χ4v) is 2.16. The summed E-state index contributed by atoms with van der Waals surface area (Å²) in [6, 6.07) is 5.86. The van der Waals surface area contributed by atoms with Gasteiger partial charge in [-0.3, -0.25) is 0 Å². The zero-order valence-corrected chi connectivity index (χ0v) is 11.6. The van der Waals surface area contributed by atoms with Crippen molar-refractivity contribution >= 4 is 0 Å². The Labute approximate surface area is 114 Å². The Morgan fingerprint density at radius 3 is 2.95 bits per heavy atom. The first-order valence-corrected chi connectivity index (χ1v) is 6.53. The van der Waals surface area contributed by atoms with E-state index in [1.54, 1.807) is 7.11 Å².